The zero-order valence-electron chi connectivity index (χ0n) is 13.6. The Kier molecular flexibility index (Phi) is 3.73. The van der Waals surface area contributed by atoms with Gasteiger partial charge >= 0.3 is 0 Å². The Balaban J connectivity index is 1.88. The Morgan fingerprint density at radius 1 is 0.885 bits per heavy atom. The third-order valence-corrected chi connectivity index (χ3v) is 5.10. The van der Waals surface area contributed by atoms with Crippen LogP contribution in [0.4, 0.5) is 16.2 Å². The van der Waals surface area contributed by atoms with Gasteiger partial charge in [0.05, 0.1) is 21.9 Å². The highest BCUT2D eigenvalue weighted by molar-refractivity contribution is 8.19. The van der Waals surface area contributed by atoms with Crippen molar-refractivity contribution in [3.8, 4) is 0 Å². The molecule has 2 heterocycles. The van der Waals surface area contributed by atoms with Gasteiger partial charge in [0.1, 0.15) is 0 Å². The van der Waals surface area contributed by atoms with Crippen molar-refractivity contribution in [2.45, 2.75) is 6.92 Å². The molecule has 0 N–H and O–H groups in total. The normalized spacial score (nSPS) is 19.3. The van der Waals surface area contributed by atoms with Gasteiger partial charge in [-0.15, -0.1) is 0 Å². The molecule has 2 aliphatic rings. The van der Waals surface area contributed by atoms with Gasteiger partial charge in [-0.25, -0.2) is 9.80 Å². The summed E-state index contributed by atoms with van der Waals surface area (Å²) >= 11 is 0.713. The minimum Gasteiger partial charge on any atom is -0.274 e. The Morgan fingerprint density at radius 2 is 1.54 bits per heavy atom. The zero-order chi connectivity index (χ0) is 18.4. The van der Waals surface area contributed by atoms with E-state index < -0.39 is 23.0 Å². The molecule has 0 radical (unpaired) electrons. The lowest BCUT2D eigenvalue weighted by Crippen LogP contribution is -2.32. The molecular formula is C19H12N2O4S. The number of amides is 4. The summed E-state index contributed by atoms with van der Waals surface area (Å²) in [6.45, 7) is 1.29. The molecule has 128 valence electrons. The van der Waals surface area contributed by atoms with E-state index in [1.54, 1.807) is 54.6 Å². The molecule has 0 aromatic heterocycles. The van der Waals surface area contributed by atoms with Crippen molar-refractivity contribution >= 4 is 51.7 Å². The third-order valence-electron chi connectivity index (χ3n) is 4.16. The van der Waals surface area contributed by atoms with Crippen molar-refractivity contribution in [3.63, 3.8) is 0 Å². The van der Waals surface area contributed by atoms with Crippen LogP contribution in [0.2, 0.25) is 0 Å². The number of fused-ring (bicyclic) bond motifs is 1. The van der Waals surface area contributed by atoms with Crippen LogP contribution in [0.5, 0.6) is 0 Å². The molecule has 4 rings (SSSR count). The Labute approximate surface area is 153 Å². The number of hydrogen-bond acceptors (Lipinski definition) is 5. The summed E-state index contributed by atoms with van der Waals surface area (Å²) in [4.78, 5) is 52.2. The van der Waals surface area contributed by atoms with E-state index in [0.717, 1.165) is 9.80 Å². The number of rotatable bonds is 1. The number of benzene rings is 2. The molecule has 0 unspecified atom stereocenters. The minimum absolute atomic E-state index is 0.0417. The topological polar surface area (TPSA) is 74.8 Å². The van der Waals surface area contributed by atoms with Crippen molar-refractivity contribution in [1.29, 1.82) is 0 Å². The average Bonchev–Trinajstić information content (AvgIpc) is 3.08. The maximum absolute atomic E-state index is 12.9. The van der Waals surface area contributed by atoms with Crippen LogP contribution >= 0.6 is 11.8 Å². The second-order valence-electron chi connectivity index (χ2n) is 5.72. The van der Waals surface area contributed by atoms with Gasteiger partial charge in [0.25, 0.3) is 17.1 Å². The maximum atomic E-state index is 12.9. The number of imide groups is 2. The molecule has 6 nitrogen and oxygen atoms in total. The van der Waals surface area contributed by atoms with Gasteiger partial charge in [-0.05, 0) is 30.0 Å². The summed E-state index contributed by atoms with van der Waals surface area (Å²) in [5, 5.41) is -0.477. The average molecular weight is 364 g/mol. The van der Waals surface area contributed by atoms with Crippen molar-refractivity contribution in [2.24, 2.45) is 0 Å². The summed E-state index contributed by atoms with van der Waals surface area (Å²) in [6.07, 6.45) is 0. The lowest BCUT2D eigenvalue weighted by molar-refractivity contribution is -0.122. The fourth-order valence-corrected chi connectivity index (χ4v) is 4.00. The van der Waals surface area contributed by atoms with E-state index in [2.05, 4.69) is 0 Å². The molecule has 1 saturated heterocycles. The fraction of sp³-hybridized carbons (Fsp3) is 0.0526. The molecule has 0 atom stereocenters. The van der Waals surface area contributed by atoms with Crippen LogP contribution in [0.1, 0.15) is 12.5 Å². The van der Waals surface area contributed by atoms with Crippen molar-refractivity contribution in [1.82, 2.24) is 0 Å². The number of carbonyl (C=O) groups excluding carboxylic acids is 4. The third kappa shape index (κ3) is 2.28. The predicted octanol–water partition coefficient (Wildman–Crippen LogP) is 3.19. The lowest BCUT2D eigenvalue weighted by Gasteiger charge is -2.12. The van der Waals surface area contributed by atoms with Crippen molar-refractivity contribution < 1.29 is 19.2 Å². The van der Waals surface area contributed by atoms with Gasteiger partial charge in [0.15, 0.2) is 0 Å². The van der Waals surface area contributed by atoms with Crippen LogP contribution in [0.25, 0.3) is 5.57 Å². The Hall–Kier alpha value is -3.19. The van der Waals surface area contributed by atoms with E-state index in [-0.39, 0.29) is 10.5 Å². The van der Waals surface area contributed by atoms with Gasteiger partial charge in [-0.2, -0.15) is 0 Å². The standard InChI is InChI=1S/C19H12N2O4S/c1-11(22)20-14-10-6-5-9-13(14)15(17(20)23)16-18(24)21(19(25)26-16)12-7-3-2-4-8-12/h2-10H,1H3/b16-15-. The molecule has 2 aromatic rings. The van der Waals surface area contributed by atoms with Crippen LogP contribution in [0.15, 0.2) is 59.5 Å². The zero-order valence-corrected chi connectivity index (χ0v) is 14.4. The molecule has 0 spiro atoms. The predicted molar refractivity (Wildman–Crippen MR) is 98.4 cm³/mol. The molecule has 0 bridgehead atoms. The molecule has 1 fully saturated rings. The number of thioether (sulfide) groups is 1. The summed E-state index contributed by atoms with van der Waals surface area (Å²) < 4.78 is 0. The number of carbonyl (C=O) groups is 4. The lowest BCUT2D eigenvalue weighted by atomic mass is 10.1. The molecular weight excluding hydrogens is 352 g/mol. The van der Waals surface area contributed by atoms with E-state index in [4.69, 9.17) is 0 Å². The van der Waals surface area contributed by atoms with Gasteiger partial charge in [-0.3, -0.25) is 19.2 Å². The summed E-state index contributed by atoms with van der Waals surface area (Å²) in [6, 6.07) is 15.3. The van der Waals surface area contributed by atoms with Gasteiger partial charge in [0.2, 0.25) is 5.91 Å². The number of nitrogens with zero attached hydrogens (tertiary/aromatic N) is 2. The highest BCUT2D eigenvalue weighted by Crippen LogP contribution is 2.45. The van der Waals surface area contributed by atoms with Crippen LogP contribution in [0.3, 0.4) is 0 Å². The van der Waals surface area contributed by atoms with E-state index in [0.29, 0.717) is 28.7 Å². The van der Waals surface area contributed by atoms with Crippen LogP contribution in [0, 0.1) is 0 Å². The maximum Gasteiger partial charge on any atom is 0.298 e. The largest absolute Gasteiger partial charge is 0.298 e. The fourth-order valence-electron chi connectivity index (χ4n) is 3.07. The van der Waals surface area contributed by atoms with Gasteiger partial charge < -0.3 is 0 Å². The van der Waals surface area contributed by atoms with Gasteiger partial charge in [-0.1, -0.05) is 36.4 Å². The second kappa shape index (κ2) is 5.96. The van der Waals surface area contributed by atoms with Crippen molar-refractivity contribution in [2.75, 3.05) is 9.80 Å². The van der Waals surface area contributed by atoms with E-state index in [1.807, 2.05) is 0 Å². The quantitative estimate of drug-likeness (QED) is 0.727. The highest BCUT2D eigenvalue weighted by Gasteiger charge is 2.44. The number of anilines is 2. The highest BCUT2D eigenvalue weighted by atomic mass is 32.2. The summed E-state index contributed by atoms with van der Waals surface area (Å²) in [7, 11) is 0. The second-order valence-corrected chi connectivity index (χ2v) is 6.69. The molecule has 2 aliphatic heterocycles. The smallest absolute Gasteiger partial charge is 0.274 e. The molecule has 7 heteroatoms. The first-order chi connectivity index (χ1) is 12.5. The monoisotopic (exact) mass is 364 g/mol. The molecule has 0 saturated carbocycles. The molecule has 4 amide bonds. The van der Waals surface area contributed by atoms with Crippen LogP contribution < -0.4 is 9.80 Å². The van der Waals surface area contributed by atoms with Crippen molar-refractivity contribution in [3.05, 3.63) is 65.1 Å². The van der Waals surface area contributed by atoms with E-state index in [1.165, 1.54) is 6.92 Å². The number of para-hydroxylation sites is 2. The summed E-state index contributed by atoms with van der Waals surface area (Å²) in [5.41, 5.74) is 1.43. The first-order valence-corrected chi connectivity index (χ1v) is 8.62. The molecule has 26 heavy (non-hydrogen) atoms. The van der Waals surface area contributed by atoms with Gasteiger partial charge in [0, 0.05) is 12.5 Å². The Morgan fingerprint density at radius 3 is 2.23 bits per heavy atom. The first kappa shape index (κ1) is 16.3. The van der Waals surface area contributed by atoms with E-state index in [9.17, 15) is 19.2 Å². The first-order valence-electron chi connectivity index (χ1n) is 7.80. The minimum atomic E-state index is -0.586. The Bertz CT molecular complexity index is 1010. The van der Waals surface area contributed by atoms with Crippen LogP contribution in [-0.2, 0) is 14.4 Å². The van der Waals surface area contributed by atoms with Crippen LogP contribution in [-0.4, -0.2) is 23.0 Å². The van der Waals surface area contributed by atoms with E-state index >= 15 is 0 Å². The number of hydrogen-bond donors (Lipinski definition) is 0. The molecule has 2 aromatic carbocycles. The molecule has 0 aliphatic carbocycles. The SMILES string of the molecule is CC(=O)N1C(=O)/C(=C2\SC(=O)N(c3ccccc3)C2=O)c2ccccc21. The summed E-state index contributed by atoms with van der Waals surface area (Å²) in [5.74, 6) is -1.59.